The van der Waals surface area contributed by atoms with E-state index in [9.17, 15) is 9.59 Å². The first-order valence-corrected chi connectivity index (χ1v) is 8.21. The summed E-state index contributed by atoms with van der Waals surface area (Å²) in [6.45, 7) is 9.47. The van der Waals surface area contributed by atoms with Crippen LogP contribution in [0.2, 0.25) is 0 Å². The molecule has 0 aromatic heterocycles. The summed E-state index contributed by atoms with van der Waals surface area (Å²) in [4.78, 5) is 25.7. The maximum atomic E-state index is 12.6. The largest absolute Gasteiger partial charge is 0.481 e. The highest BCUT2D eigenvalue weighted by molar-refractivity contribution is 5.83. The molecule has 1 saturated heterocycles. The van der Waals surface area contributed by atoms with Gasteiger partial charge in [-0.05, 0) is 37.0 Å². The van der Waals surface area contributed by atoms with Gasteiger partial charge in [0.25, 0.3) is 5.91 Å². The van der Waals surface area contributed by atoms with E-state index in [4.69, 9.17) is 4.74 Å². The van der Waals surface area contributed by atoms with Crippen molar-refractivity contribution in [3.63, 3.8) is 0 Å². The van der Waals surface area contributed by atoms with Crippen LogP contribution < -0.4 is 10.1 Å². The number of aryl methyl sites for hydroxylation is 1. The van der Waals surface area contributed by atoms with Gasteiger partial charge in [-0.25, -0.2) is 0 Å². The van der Waals surface area contributed by atoms with Crippen LogP contribution >= 0.6 is 0 Å². The number of benzene rings is 1. The van der Waals surface area contributed by atoms with Crippen molar-refractivity contribution in [1.29, 1.82) is 0 Å². The number of hydrogen-bond acceptors (Lipinski definition) is 3. The summed E-state index contributed by atoms with van der Waals surface area (Å²) in [5, 5.41) is 2.78. The van der Waals surface area contributed by atoms with Crippen molar-refractivity contribution in [3.8, 4) is 5.75 Å². The lowest BCUT2D eigenvalue weighted by molar-refractivity contribution is -0.137. The highest BCUT2D eigenvalue weighted by Crippen LogP contribution is 2.28. The van der Waals surface area contributed by atoms with Crippen molar-refractivity contribution < 1.29 is 14.3 Å². The van der Waals surface area contributed by atoms with Gasteiger partial charge in [-0.2, -0.15) is 0 Å². The molecule has 2 rings (SSSR count). The van der Waals surface area contributed by atoms with E-state index in [0.717, 1.165) is 16.9 Å². The van der Waals surface area contributed by atoms with Crippen LogP contribution in [0.15, 0.2) is 18.2 Å². The quantitative estimate of drug-likeness (QED) is 0.926. The Morgan fingerprint density at radius 1 is 1.26 bits per heavy atom. The first kappa shape index (κ1) is 17.3. The van der Waals surface area contributed by atoms with Gasteiger partial charge in [0.1, 0.15) is 5.75 Å². The highest BCUT2D eigenvalue weighted by atomic mass is 16.5. The molecule has 5 heteroatoms. The van der Waals surface area contributed by atoms with Crippen LogP contribution in [-0.2, 0) is 9.59 Å². The van der Waals surface area contributed by atoms with E-state index in [2.05, 4.69) is 31.3 Å². The Morgan fingerprint density at radius 2 is 2.00 bits per heavy atom. The second-order valence-corrected chi connectivity index (χ2v) is 6.38. The fourth-order valence-corrected chi connectivity index (χ4v) is 2.71. The first-order chi connectivity index (χ1) is 10.9. The second kappa shape index (κ2) is 7.49. The zero-order valence-electron chi connectivity index (χ0n) is 14.4. The Labute approximate surface area is 138 Å². The van der Waals surface area contributed by atoms with E-state index in [-0.39, 0.29) is 11.8 Å². The second-order valence-electron chi connectivity index (χ2n) is 6.38. The monoisotopic (exact) mass is 318 g/mol. The maximum Gasteiger partial charge on any atom is 0.263 e. The summed E-state index contributed by atoms with van der Waals surface area (Å²) in [5.74, 6) is 1.02. The minimum absolute atomic E-state index is 0.00495. The summed E-state index contributed by atoms with van der Waals surface area (Å²) in [6.07, 6.45) is -0.220. The average molecular weight is 318 g/mol. The summed E-state index contributed by atoms with van der Waals surface area (Å²) in [5.41, 5.74) is 2.21. The van der Waals surface area contributed by atoms with E-state index in [1.807, 2.05) is 13.0 Å². The Morgan fingerprint density at radius 3 is 2.70 bits per heavy atom. The third-order valence-electron chi connectivity index (χ3n) is 4.07. The topological polar surface area (TPSA) is 58.6 Å². The van der Waals surface area contributed by atoms with Crippen LogP contribution in [0, 0.1) is 6.92 Å². The maximum absolute atomic E-state index is 12.6. The van der Waals surface area contributed by atoms with Crippen molar-refractivity contribution >= 4 is 11.8 Å². The van der Waals surface area contributed by atoms with Crippen LogP contribution in [0.3, 0.4) is 0 Å². The van der Waals surface area contributed by atoms with Gasteiger partial charge in [0.15, 0.2) is 6.10 Å². The standard InChI is InChI=1S/C18H26N2O3/c1-12(2)15-6-5-13(3)11-16(15)23-14(4)18(22)20-9-7-17(21)19-8-10-20/h5-6,11-12,14H,7-10H2,1-4H3,(H,19,21)/t14-/m1/s1. The fourth-order valence-electron chi connectivity index (χ4n) is 2.71. The van der Waals surface area contributed by atoms with Crippen LogP contribution in [-0.4, -0.2) is 42.5 Å². The number of nitrogens with zero attached hydrogens (tertiary/aromatic N) is 1. The molecule has 0 radical (unpaired) electrons. The summed E-state index contributed by atoms with van der Waals surface area (Å²) >= 11 is 0. The molecule has 2 amide bonds. The predicted octanol–water partition coefficient (Wildman–Crippen LogP) is 2.23. The van der Waals surface area contributed by atoms with E-state index in [1.54, 1.807) is 11.8 Å². The number of ether oxygens (including phenoxy) is 1. The molecule has 0 spiro atoms. The Balaban J connectivity index is 2.09. The van der Waals surface area contributed by atoms with E-state index < -0.39 is 6.10 Å². The third kappa shape index (κ3) is 4.47. The van der Waals surface area contributed by atoms with Crippen molar-refractivity contribution in [2.45, 2.75) is 46.1 Å². The van der Waals surface area contributed by atoms with Crippen molar-refractivity contribution in [1.82, 2.24) is 10.2 Å². The van der Waals surface area contributed by atoms with Gasteiger partial charge in [-0.3, -0.25) is 9.59 Å². The Kier molecular flexibility index (Phi) is 5.64. The molecule has 1 aliphatic heterocycles. The molecule has 1 aromatic carbocycles. The zero-order valence-corrected chi connectivity index (χ0v) is 14.4. The van der Waals surface area contributed by atoms with Gasteiger partial charge in [0.05, 0.1) is 0 Å². The Hall–Kier alpha value is -2.04. The molecule has 0 bridgehead atoms. The van der Waals surface area contributed by atoms with Crippen LogP contribution in [0.4, 0.5) is 0 Å². The van der Waals surface area contributed by atoms with Gasteiger partial charge >= 0.3 is 0 Å². The number of amides is 2. The van der Waals surface area contributed by atoms with Crippen molar-refractivity contribution in [2.75, 3.05) is 19.6 Å². The number of carbonyl (C=O) groups is 2. The van der Waals surface area contributed by atoms with Gasteiger partial charge < -0.3 is 15.0 Å². The summed E-state index contributed by atoms with van der Waals surface area (Å²) in [6, 6.07) is 6.09. The average Bonchev–Trinajstić information content (AvgIpc) is 2.71. The summed E-state index contributed by atoms with van der Waals surface area (Å²) in [7, 11) is 0. The van der Waals surface area contributed by atoms with Crippen molar-refractivity contribution in [2.24, 2.45) is 0 Å². The highest BCUT2D eigenvalue weighted by Gasteiger charge is 2.25. The number of hydrogen-bond donors (Lipinski definition) is 1. The molecular formula is C18H26N2O3. The lowest BCUT2D eigenvalue weighted by Gasteiger charge is -2.25. The Bertz CT molecular complexity index is 584. The smallest absolute Gasteiger partial charge is 0.263 e. The first-order valence-electron chi connectivity index (χ1n) is 8.21. The molecule has 1 fully saturated rings. The van der Waals surface area contributed by atoms with Crippen LogP contribution in [0.1, 0.15) is 44.2 Å². The molecule has 1 aromatic rings. The molecule has 126 valence electrons. The minimum atomic E-state index is -0.567. The van der Waals surface area contributed by atoms with Crippen LogP contribution in [0.25, 0.3) is 0 Å². The van der Waals surface area contributed by atoms with Gasteiger partial charge in [-0.15, -0.1) is 0 Å². The van der Waals surface area contributed by atoms with E-state index in [0.29, 0.717) is 32.0 Å². The molecule has 1 N–H and O–H groups in total. The molecule has 0 unspecified atom stereocenters. The van der Waals surface area contributed by atoms with Gasteiger partial charge in [0.2, 0.25) is 5.91 Å². The SMILES string of the molecule is Cc1ccc(C(C)C)c(O[C@H](C)C(=O)N2CCNC(=O)CC2)c1. The molecule has 1 aliphatic rings. The zero-order chi connectivity index (χ0) is 17.0. The molecule has 23 heavy (non-hydrogen) atoms. The predicted molar refractivity (Wildman–Crippen MR) is 89.6 cm³/mol. The number of nitrogens with one attached hydrogen (secondary N) is 1. The van der Waals surface area contributed by atoms with Gasteiger partial charge in [0, 0.05) is 26.1 Å². The normalized spacial score (nSPS) is 16.7. The van der Waals surface area contributed by atoms with E-state index in [1.165, 1.54) is 0 Å². The molecule has 1 atom stereocenters. The lowest BCUT2D eigenvalue weighted by atomic mass is 10.0. The molecular weight excluding hydrogens is 292 g/mol. The fraction of sp³-hybridized carbons (Fsp3) is 0.556. The third-order valence-corrected chi connectivity index (χ3v) is 4.07. The van der Waals surface area contributed by atoms with Crippen molar-refractivity contribution in [3.05, 3.63) is 29.3 Å². The van der Waals surface area contributed by atoms with Crippen LogP contribution in [0.5, 0.6) is 5.75 Å². The minimum Gasteiger partial charge on any atom is -0.481 e. The van der Waals surface area contributed by atoms with E-state index >= 15 is 0 Å². The molecule has 5 nitrogen and oxygen atoms in total. The number of carbonyl (C=O) groups excluding carboxylic acids is 2. The summed E-state index contributed by atoms with van der Waals surface area (Å²) < 4.78 is 5.97. The number of rotatable bonds is 4. The lowest BCUT2D eigenvalue weighted by Crippen LogP contribution is -2.42. The molecule has 0 saturated carbocycles. The molecule has 0 aliphatic carbocycles. The molecule has 1 heterocycles. The van der Waals surface area contributed by atoms with Gasteiger partial charge in [-0.1, -0.05) is 26.0 Å².